The molecule has 1 heterocycles. The maximum absolute atomic E-state index is 12.0. The second kappa shape index (κ2) is 6.52. The smallest absolute Gasteiger partial charge is 0.332 e. The topological polar surface area (TPSA) is 75.6 Å². The Balaban J connectivity index is 1.81. The van der Waals surface area contributed by atoms with E-state index in [1.165, 1.54) is 0 Å². The lowest BCUT2D eigenvalue weighted by molar-refractivity contribution is -0.151. The molecule has 0 radical (unpaired) electrons. The van der Waals surface area contributed by atoms with Gasteiger partial charge in [0, 0.05) is 6.04 Å². The molecule has 1 fully saturated rings. The molecule has 0 saturated carbocycles. The van der Waals surface area contributed by atoms with E-state index >= 15 is 0 Å². The van der Waals surface area contributed by atoms with Crippen LogP contribution < -0.4 is 5.32 Å². The van der Waals surface area contributed by atoms with E-state index in [2.05, 4.69) is 5.32 Å². The van der Waals surface area contributed by atoms with Gasteiger partial charge in [-0.05, 0) is 31.7 Å². The molecule has 1 amide bonds. The fraction of sp³-hybridized carbons (Fsp3) is 0.467. The molecule has 0 bridgehead atoms. The van der Waals surface area contributed by atoms with Crippen LogP contribution in [0.4, 0.5) is 0 Å². The normalized spacial score (nSPS) is 23.2. The van der Waals surface area contributed by atoms with Crippen LogP contribution in [0, 0.1) is 0 Å². The van der Waals surface area contributed by atoms with Gasteiger partial charge >= 0.3 is 5.97 Å². The minimum absolute atomic E-state index is 0.0163. The number of hydrogen-bond donors (Lipinski definition) is 2. The molecule has 5 nitrogen and oxygen atoms in total. The summed E-state index contributed by atoms with van der Waals surface area (Å²) in [4.78, 5) is 22.8. The number of carboxylic acid groups (broad SMARTS) is 1. The van der Waals surface area contributed by atoms with E-state index in [0.717, 1.165) is 12.0 Å². The first-order valence-corrected chi connectivity index (χ1v) is 6.79. The zero-order valence-corrected chi connectivity index (χ0v) is 11.4. The Hall–Kier alpha value is -1.88. The summed E-state index contributed by atoms with van der Waals surface area (Å²) in [6.07, 6.45) is 0.0905. The van der Waals surface area contributed by atoms with Crippen molar-refractivity contribution in [1.82, 2.24) is 5.32 Å². The van der Waals surface area contributed by atoms with Crippen molar-refractivity contribution in [2.24, 2.45) is 0 Å². The Morgan fingerprint density at radius 1 is 1.30 bits per heavy atom. The van der Waals surface area contributed by atoms with Crippen molar-refractivity contribution < 1.29 is 19.4 Å². The highest BCUT2D eigenvalue weighted by Crippen LogP contribution is 2.20. The highest BCUT2D eigenvalue weighted by molar-refractivity contribution is 5.82. The van der Waals surface area contributed by atoms with E-state index in [1.807, 2.05) is 37.3 Å². The molecule has 0 aromatic heterocycles. The molecular formula is C15H19NO4. The number of amides is 1. The standard InChI is InChI=1S/C15H19NO4/c1-10(9-11-5-3-2-4-6-11)16-14(17)12-7-8-13(20-12)15(18)19/h2-6,10,12-13H,7-9H2,1H3,(H,16,17)(H,18,19). The van der Waals surface area contributed by atoms with Crippen molar-refractivity contribution in [2.75, 3.05) is 0 Å². The van der Waals surface area contributed by atoms with E-state index in [0.29, 0.717) is 12.8 Å². The number of carboxylic acids is 1. The highest BCUT2D eigenvalue weighted by atomic mass is 16.5. The summed E-state index contributed by atoms with van der Waals surface area (Å²) >= 11 is 0. The van der Waals surface area contributed by atoms with E-state index in [1.54, 1.807) is 0 Å². The van der Waals surface area contributed by atoms with Gasteiger partial charge in [-0.3, -0.25) is 4.79 Å². The number of carbonyl (C=O) groups excluding carboxylic acids is 1. The fourth-order valence-corrected chi connectivity index (χ4v) is 2.37. The maximum atomic E-state index is 12.0. The second-order valence-corrected chi connectivity index (χ2v) is 5.13. The highest BCUT2D eigenvalue weighted by Gasteiger charge is 2.34. The van der Waals surface area contributed by atoms with Gasteiger partial charge in [0.05, 0.1) is 0 Å². The first kappa shape index (κ1) is 14.5. The molecule has 20 heavy (non-hydrogen) atoms. The Kier molecular flexibility index (Phi) is 4.74. The Bertz CT molecular complexity index is 474. The average Bonchev–Trinajstić information content (AvgIpc) is 2.89. The molecule has 0 aliphatic carbocycles. The van der Waals surface area contributed by atoms with Crippen LogP contribution in [0.15, 0.2) is 30.3 Å². The van der Waals surface area contributed by atoms with Gasteiger partial charge in [0.25, 0.3) is 0 Å². The number of nitrogens with one attached hydrogen (secondary N) is 1. The molecule has 1 aromatic carbocycles. The summed E-state index contributed by atoms with van der Waals surface area (Å²) in [6.45, 7) is 1.93. The van der Waals surface area contributed by atoms with Crippen LogP contribution in [0.5, 0.6) is 0 Å². The summed E-state index contributed by atoms with van der Waals surface area (Å²) in [5, 5.41) is 11.7. The number of aliphatic carboxylic acids is 1. The first-order valence-electron chi connectivity index (χ1n) is 6.79. The molecule has 5 heteroatoms. The molecule has 1 aliphatic heterocycles. The minimum Gasteiger partial charge on any atom is -0.479 e. The van der Waals surface area contributed by atoms with Crippen LogP contribution in [-0.2, 0) is 20.7 Å². The molecule has 2 N–H and O–H groups in total. The predicted molar refractivity (Wildman–Crippen MR) is 73.3 cm³/mol. The SMILES string of the molecule is CC(Cc1ccccc1)NC(=O)C1CCC(C(=O)O)O1. The molecule has 108 valence electrons. The van der Waals surface area contributed by atoms with Crippen LogP contribution in [0.2, 0.25) is 0 Å². The van der Waals surface area contributed by atoms with E-state index in [4.69, 9.17) is 9.84 Å². The number of hydrogen-bond acceptors (Lipinski definition) is 3. The van der Waals surface area contributed by atoms with Crippen molar-refractivity contribution in [3.05, 3.63) is 35.9 Å². The van der Waals surface area contributed by atoms with Crippen molar-refractivity contribution in [1.29, 1.82) is 0 Å². The zero-order valence-electron chi connectivity index (χ0n) is 11.4. The molecule has 1 saturated heterocycles. The Labute approximate surface area is 117 Å². The summed E-state index contributed by atoms with van der Waals surface area (Å²) < 4.78 is 5.22. The van der Waals surface area contributed by atoms with Crippen molar-refractivity contribution in [2.45, 2.75) is 44.4 Å². The first-order chi connectivity index (χ1) is 9.56. The van der Waals surface area contributed by atoms with E-state index < -0.39 is 18.2 Å². The summed E-state index contributed by atoms with van der Waals surface area (Å²) in [5.41, 5.74) is 1.15. The molecule has 3 atom stereocenters. The number of rotatable bonds is 5. The summed E-state index contributed by atoms with van der Waals surface area (Å²) in [6, 6.07) is 9.87. The predicted octanol–water partition coefficient (Wildman–Crippen LogP) is 1.37. The summed E-state index contributed by atoms with van der Waals surface area (Å²) in [7, 11) is 0. The van der Waals surface area contributed by atoms with Gasteiger partial charge in [-0.2, -0.15) is 0 Å². The molecule has 3 unspecified atom stereocenters. The van der Waals surface area contributed by atoms with Crippen LogP contribution >= 0.6 is 0 Å². The number of carbonyl (C=O) groups is 2. The Morgan fingerprint density at radius 2 is 1.95 bits per heavy atom. The maximum Gasteiger partial charge on any atom is 0.332 e. The quantitative estimate of drug-likeness (QED) is 0.852. The van der Waals surface area contributed by atoms with Crippen molar-refractivity contribution in [3.63, 3.8) is 0 Å². The van der Waals surface area contributed by atoms with Crippen LogP contribution in [0.1, 0.15) is 25.3 Å². The lowest BCUT2D eigenvalue weighted by atomic mass is 10.1. The molecule has 1 aromatic rings. The molecular weight excluding hydrogens is 258 g/mol. The number of ether oxygens (including phenoxy) is 1. The lowest BCUT2D eigenvalue weighted by Crippen LogP contribution is -2.41. The third-order valence-electron chi connectivity index (χ3n) is 3.36. The van der Waals surface area contributed by atoms with Gasteiger partial charge in [0.1, 0.15) is 6.10 Å². The third kappa shape index (κ3) is 3.81. The van der Waals surface area contributed by atoms with Gasteiger partial charge in [-0.1, -0.05) is 30.3 Å². The third-order valence-corrected chi connectivity index (χ3v) is 3.36. The fourth-order valence-electron chi connectivity index (χ4n) is 2.37. The zero-order chi connectivity index (χ0) is 14.5. The van der Waals surface area contributed by atoms with E-state index in [-0.39, 0.29) is 11.9 Å². The van der Waals surface area contributed by atoms with Gasteiger partial charge < -0.3 is 15.2 Å². The number of benzene rings is 1. The average molecular weight is 277 g/mol. The van der Waals surface area contributed by atoms with Crippen LogP contribution in [0.3, 0.4) is 0 Å². The molecule has 2 rings (SSSR count). The van der Waals surface area contributed by atoms with Gasteiger partial charge in [-0.25, -0.2) is 4.79 Å². The lowest BCUT2D eigenvalue weighted by Gasteiger charge is -2.17. The van der Waals surface area contributed by atoms with Crippen molar-refractivity contribution in [3.8, 4) is 0 Å². The van der Waals surface area contributed by atoms with Gasteiger partial charge in [-0.15, -0.1) is 0 Å². The van der Waals surface area contributed by atoms with E-state index in [9.17, 15) is 9.59 Å². The minimum atomic E-state index is -1.00. The van der Waals surface area contributed by atoms with Crippen LogP contribution in [-0.4, -0.2) is 35.2 Å². The molecule has 1 aliphatic rings. The monoisotopic (exact) mass is 277 g/mol. The van der Waals surface area contributed by atoms with Gasteiger partial charge in [0.15, 0.2) is 6.10 Å². The van der Waals surface area contributed by atoms with Crippen molar-refractivity contribution >= 4 is 11.9 Å². The molecule has 0 spiro atoms. The summed E-state index contributed by atoms with van der Waals surface area (Å²) in [5.74, 6) is -1.23. The van der Waals surface area contributed by atoms with Crippen LogP contribution in [0.25, 0.3) is 0 Å². The van der Waals surface area contributed by atoms with Gasteiger partial charge in [0.2, 0.25) is 5.91 Å². The Morgan fingerprint density at radius 3 is 2.55 bits per heavy atom. The largest absolute Gasteiger partial charge is 0.479 e. The second-order valence-electron chi connectivity index (χ2n) is 5.13.